The third-order valence-electron chi connectivity index (χ3n) is 5.15. The maximum atomic E-state index is 6.18. The van der Waals surface area contributed by atoms with Crippen molar-refractivity contribution in [2.24, 2.45) is 11.1 Å². The van der Waals surface area contributed by atoms with Crippen molar-refractivity contribution in [3.8, 4) is 0 Å². The van der Waals surface area contributed by atoms with Crippen molar-refractivity contribution in [3.05, 3.63) is 28.6 Å². The lowest BCUT2D eigenvalue weighted by Crippen LogP contribution is -2.42. The number of fused-ring (bicyclic) bond motifs is 1. The van der Waals surface area contributed by atoms with Crippen molar-refractivity contribution in [2.45, 2.75) is 19.8 Å². The molecule has 1 saturated heterocycles. The van der Waals surface area contributed by atoms with Gasteiger partial charge in [-0.3, -0.25) is 5.10 Å². The number of aromatic nitrogens is 5. The van der Waals surface area contributed by atoms with E-state index >= 15 is 0 Å². The number of nitrogens with zero attached hydrogens (tertiary/aromatic N) is 5. The minimum Gasteiger partial charge on any atom is -0.355 e. The highest BCUT2D eigenvalue weighted by Crippen LogP contribution is 2.33. The van der Waals surface area contributed by atoms with Gasteiger partial charge in [0, 0.05) is 19.3 Å². The fourth-order valence-corrected chi connectivity index (χ4v) is 3.47. The van der Waals surface area contributed by atoms with E-state index in [-0.39, 0.29) is 23.0 Å². The first-order valence-electron chi connectivity index (χ1n) is 8.72. The van der Waals surface area contributed by atoms with Crippen LogP contribution in [0.2, 0.25) is 10.2 Å². The van der Waals surface area contributed by atoms with Crippen LogP contribution in [0.25, 0.3) is 11.2 Å². The van der Waals surface area contributed by atoms with E-state index in [1.54, 1.807) is 18.5 Å². The molecule has 4 N–H and O–H groups in total. The number of H-pyrrole nitrogens is 1. The smallest absolute Gasteiger partial charge is 0.203 e. The molecule has 8 nitrogen and oxygen atoms in total. The van der Waals surface area contributed by atoms with Gasteiger partial charge in [-0.15, -0.1) is 12.4 Å². The van der Waals surface area contributed by atoms with Crippen molar-refractivity contribution in [1.82, 2.24) is 25.1 Å². The molecule has 0 aromatic carbocycles. The number of nitrogens with two attached hydrogens (primary N) is 1. The SMILES string of the molecule is CC1(CN)CCN(c2cnc3c(Nc4ccnc(Cl)c4Cl)[nH]nc3n2)CC1.Cl. The predicted octanol–water partition coefficient (Wildman–Crippen LogP) is 3.79. The van der Waals surface area contributed by atoms with Crippen LogP contribution in [0.1, 0.15) is 19.8 Å². The number of hydrogen-bond donors (Lipinski definition) is 3. The van der Waals surface area contributed by atoms with Gasteiger partial charge in [-0.1, -0.05) is 30.1 Å². The summed E-state index contributed by atoms with van der Waals surface area (Å²) in [4.78, 5) is 15.4. The van der Waals surface area contributed by atoms with Crippen LogP contribution in [-0.2, 0) is 0 Å². The van der Waals surface area contributed by atoms with Gasteiger partial charge in [-0.25, -0.2) is 15.0 Å². The summed E-state index contributed by atoms with van der Waals surface area (Å²) in [5.74, 6) is 1.42. The lowest BCUT2D eigenvalue weighted by atomic mass is 9.80. The fraction of sp³-hybridized carbons (Fsp3) is 0.412. The number of aromatic amines is 1. The van der Waals surface area contributed by atoms with Gasteiger partial charge in [-0.05, 0) is 30.9 Å². The van der Waals surface area contributed by atoms with Gasteiger partial charge >= 0.3 is 0 Å². The minimum atomic E-state index is 0. The van der Waals surface area contributed by atoms with Crippen molar-refractivity contribution in [3.63, 3.8) is 0 Å². The largest absolute Gasteiger partial charge is 0.355 e. The molecule has 0 saturated carbocycles. The van der Waals surface area contributed by atoms with Crippen LogP contribution < -0.4 is 16.0 Å². The number of pyridine rings is 1. The van der Waals surface area contributed by atoms with Crippen LogP contribution in [0.3, 0.4) is 0 Å². The molecule has 0 bridgehead atoms. The summed E-state index contributed by atoms with van der Waals surface area (Å²) in [6.07, 6.45) is 5.43. The van der Waals surface area contributed by atoms with Gasteiger partial charge in [0.1, 0.15) is 16.0 Å². The average Bonchev–Trinajstić information content (AvgIpc) is 3.08. The summed E-state index contributed by atoms with van der Waals surface area (Å²) in [5.41, 5.74) is 7.89. The summed E-state index contributed by atoms with van der Waals surface area (Å²) in [6, 6.07) is 1.73. The van der Waals surface area contributed by atoms with Gasteiger partial charge in [-0.2, -0.15) is 5.10 Å². The fourth-order valence-electron chi connectivity index (χ4n) is 3.16. The van der Waals surface area contributed by atoms with Crippen molar-refractivity contribution in [2.75, 3.05) is 29.9 Å². The van der Waals surface area contributed by atoms with Crippen LogP contribution in [0.15, 0.2) is 18.5 Å². The van der Waals surface area contributed by atoms with Crippen LogP contribution in [0.5, 0.6) is 0 Å². The molecule has 28 heavy (non-hydrogen) atoms. The molecule has 3 aromatic heterocycles. The molecule has 0 unspecified atom stereocenters. The normalized spacial score (nSPS) is 16.1. The Morgan fingerprint density at radius 1 is 1.29 bits per heavy atom. The first-order chi connectivity index (χ1) is 13.0. The van der Waals surface area contributed by atoms with E-state index in [4.69, 9.17) is 28.9 Å². The van der Waals surface area contributed by atoms with E-state index in [2.05, 4.69) is 42.3 Å². The first kappa shape index (κ1) is 20.9. The summed E-state index contributed by atoms with van der Waals surface area (Å²) < 4.78 is 0. The number of anilines is 3. The summed E-state index contributed by atoms with van der Waals surface area (Å²) in [6.45, 7) is 4.77. The van der Waals surface area contributed by atoms with Gasteiger partial charge < -0.3 is 16.0 Å². The van der Waals surface area contributed by atoms with Crippen molar-refractivity contribution >= 4 is 64.1 Å². The number of hydrogen-bond acceptors (Lipinski definition) is 7. The molecule has 150 valence electrons. The van der Waals surface area contributed by atoms with Gasteiger partial charge in [0.2, 0.25) is 5.65 Å². The Balaban J connectivity index is 0.00000225. The molecule has 11 heteroatoms. The molecular weight excluding hydrogens is 423 g/mol. The third-order valence-corrected chi connectivity index (χ3v) is 5.91. The number of piperidine rings is 1. The highest BCUT2D eigenvalue weighted by Gasteiger charge is 2.29. The zero-order valence-corrected chi connectivity index (χ0v) is 17.6. The number of halogens is 3. The Hall–Kier alpha value is -1.87. The predicted molar refractivity (Wildman–Crippen MR) is 115 cm³/mol. The summed E-state index contributed by atoms with van der Waals surface area (Å²) in [7, 11) is 0. The van der Waals surface area contributed by atoms with Gasteiger partial charge in [0.25, 0.3) is 0 Å². The van der Waals surface area contributed by atoms with Crippen molar-refractivity contribution in [1.29, 1.82) is 0 Å². The zero-order valence-electron chi connectivity index (χ0n) is 15.2. The van der Waals surface area contributed by atoms with E-state index in [1.165, 1.54) is 0 Å². The molecule has 0 radical (unpaired) electrons. The maximum absolute atomic E-state index is 6.18. The van der Waals surface area contributed by atoms with Crippen LogP contribution >= 0.6 is 35.6 Å². The summed E-state index contributed by atoms with van der Waals surface area (Å²) in [5, 5.41) is 10.9. The highest BCUT2D eigenvalue weighted by molar-refractivity contribution is 6.43. The van der Waals surface area contributed by atoms with Gasteiger partial charge in [0.05, 0.1) is 11.9 Å². The molecule has 4 heterocycles. The zero-order chi connectivity index (χ0) is 19.0. The molecule has 1 fully saturated rings. The van der Waals surface area contributed by atoms with Crippen LogP contribution in [0.4, 0.5) is 17.3 Å². The Bertz CT molecular complexity index is 968. The topological polar surface area (TPSA) is 109 Å². The van der Waals surface area contributed by atoms with E-state index in [1.807, 2.05) is 0 Å². The standard InChI is InChI=1S/C17H20Cl2N8.ClH/c1-17(9-20)3-6-27(7-4-17)11-8-22-13-15(25-26-16(13)24-11)23-10-2-5-21-14(19)12(10)18;/h2,5,8H,3-4,6-7,9,20H2,1H3,(H2,21,23,24,25,26);1H. The second-order valence-electron chi connectivity index (χ2n) is 7.09. The molecule has 0 amide bonds. The molecule has 0 aliphatic carbocycles. The quantitative estimate of drug-likeness (QED) is 0.526. The molecule has 1 aliphatic rings. The van der Waals surface area contributed by atoms with E-state index < -0.39 is 0 Å². The molecular formula is C17H21Cl3N8. The second kappa shape index (κ2) is 8.24. The monoisotopic (exact) mass is 442 g/mol. The Morgan fingerprint density at radius 2 is 2.04 bits per heavy atom. The lowest BCUT2D eigenvalue weighted by Gasteiger charge is -2.39. The van der Waals surface area contributed by atoms with E-state index in [9.17, 15) is 0 Å². The maximum Gasteiger partial charge on any atom is 0.203 e. The number of nitrogens with one attached hydrogen (secondary N) is 2. The highest BCUT2D eigenvalue weighted by atomic mass is 35.5. The number of rotatable bonds is 4. The minimum absolute atomic E-state index is 0. The van der Waals surface area contributed by atoms with Crippen LogP contribution in [-0.4, -0.2) is 44.8 Å². The Kier molecular flexibility index (Phi) is 6.14. The summed E-state index contributed by atoms with van der Waals surface area (Å²) >= 11 is 12.1. The van der Waals surface area contributed by atoms with E-state index in [0.717, 1.165) is 31.7 Å². The lowest BCUT2D eigenvalue weighted by molar-refractivity contribution is 0.258. The molecule has 0 atom stereocenters. The van der Waals surface area contributed by atoms with Crippen LogP contribution in [0, 0.1) is 5.41 Å². The second-order valence-corrected chi connectivity index (χ2v) is 7.83. The Labute approximate surface area is 178 Å². The first-order valence-corrected chi connectivity index (χ1v) is 9.48. The molecule has 1 aliphatic heterocycles. The Morgan fingerprint density at radius 3 is 2.75 bits per heavy atom. The molecule has 4 rings (SSSR count). The molecule has 3 aromatic rings. The van der Waals surface area contributed by atoms with Crippen molar-refractivity contribution < 1.29 is 0 Å². The third kappa shape index (κ3) is 3.96. The van der Waals surface area contributed by atoms with Gasteiger partial charge in [0.15, 0.2) is 11.3 Å². The van der Waals surface area contributed by atoms with E-state index in [0.29, 0.717) is 34.2 Å². The average molecular weight is 444 g/mol. The molecule has 0 spiro atoms.